The molecule has 0 bridgehead atoms. The number of pyridine rings is 1. The summed E-state index contributed by atoms with van der Waals surface area (Å²) in [6, 6.07) is 11.1. The Morgan fingerprint density at radius 3 is 2.74 bits per heavy atom. The number of imidazole rings is 1. The van der Waals surface area contributed by atoms with Gasteiger partial charge in [0.15, 0.2) is 5.65 Å². The lowest BCUT2D eigenvalue weighted by Gasteiger charge is -2.08. The van der Waals surface area contributed by atoms with E-state index in [0.29, 0.717) is 32.4 Å². The second-order valence-corrected chi connectivity index (χ2v) is 6.15. The van der Waals surface area contributed by atoms with Crippen molar-refractivity contribution in [2.45, 2.75) is 25.8 Å². The maximum atomic E-state index is 12.2. The molecule has 0 saturated carbocycles. The summed E-state index contributed by atoms with van der Waals surface area (Å²) in [4.78, 5) is 21.3. The van der Waals surface area contributed by atoms with Gasteiger partial charge in [0.2, 0.25) is 5.91 Å². The highest BCUT2D eigenvalue weighted by Gasteiger charge is 2.12. The molecule has 0 fully saturated rings. The number of nitrogens with one attached hydrogen (secondary N) is 1. The molecule has 0 spiro atoms. The van der Waals surface area contributed by atoms with E-state index in [-0.39, 0.29) is 5.91 Å². The zero-order chi connectivity index (χ0) is 19.1. The molecule has 3 rings (SSSR count). The minimum Gasteiger partial charge on any atom is -0.497 e. The van der Waals surface area contributed by atoms with Gasteiger partial charge in [-0.3, -0.25) is 4.79 Å². The van der Waals surface area contributed by atoms with Crippen molar-refractivity contribution in [3.63, 3.8) is 0 Å². The Morgan fingerprint density at radius 1 is 1.19 bits per heavy atom. The molecule has 0 aliphatic rings. The topological polar surface area (TPSA) is 78.3 Å². The number of fused-ring (bicyclic) bond motifs is 1. The van der Waals surface area contributed by atoms with Crippen LogP contribution in [0, 0.1) is 0 Å². The Kier molecular flexibility index (Phi) is 6.38. The SMILES string of the molecule is COCCn1c(CCCC(=O)Nc2ccc(OC)cc2)nc2cccnc21. The van der Waals surface area contributed by atoms with Crippen molar-refractivity contribution >= 4 is 22.8 Å². The second-order valence-electron chi connectivity index (χ2n) is 6.15. The molecule has 0 radical (unpaired) electrons. The number of rotatable bonds is 9. The highest BCUT2D eigenvalue weighted by atomic mass is 16.5. The molecular formula is C20H24N4O3. The molecule has 0 saturated heterocycles. The van der Waals surface area contributed by atoms with E-state index in [1.165, 1.54) is 0 Å². The largest absolute Gasteiger partial charge is 0.497 e. The smallest absolute Gasteiger partial charge is 0.224 e. The van der Waals surface area contributed by atoms with Crippen LogP contribution >= 0.6 is 0 Å². The quantitative estimate of drug-likeness (QED) is 0.628. The molecule has 142 valence electrons. The fourth-order valence-electron chi connectivity index (χ4n) is 2.92. The lowest BCUT2D eigenvalue weighted by Crippen LogP contribution is -2.13. The fraction of sp³-hybridized carbons (Fsp3) is 0.350. The molecule has 0 aliphatic carbocycles. The van der Waals surface area contributed by atoms with Crippen molar-refractivity contribution in [3.05, 3.63) is 48.4 Å². The standard InChI is InChI=1S/C20H24N4O3/c1-26-14-13-24-18(23-17-5-4-12-21-20(17)24)6-3-7-19(25)22-15-8-10-16(27-2)11-9-15/h4-5,8-12H,3,6-7,13-14H2,1-2H3,(H,22,25). The number of methoxy groups -OCH3 is 2. The van der Waals surface area contributed by atoms with Crippen molar-refractivity contribution in [1.82, 2.24) is 14.5 Å². The molecule has 2 aromatic heterocycles. The van der Waals surface area contributed by atoms with Gasteiger partial charge in [-0.25, -0.2) is 9.97 Å². The number of aryl methyl sites for hydroxylation is 1. The third-order valence-electron chi connectivity index (χ3n) is 4.28. The number of amides is 1. The number of hydrogen-bond donors (Lipinski definition) is 1. The van der Waals surface area contributed by atoms with Gasteiger partial charge in [-0.1, -0.05) is 0 Å². The van der Waals surface area contributed by atoms with E-state index in [4.69, 9.17) is 9.47 Å². The summed E-state index contributed by atoms with van der Waals surface area (Å²) in [6.07, 6.45) is 3.60. The first-order valence-electron chi connectivity index (χ1n) is 8.94. The zero-order valence-electron chi connectivity index (χ0n) is 15.6. The van der Waals surface area contributed by atoms with Crippen molar-refractivity contribution in [2.75, 3.05) is 26.1 Å². The lowest BCUT2D eigenvalue weighted by atomic mass is 10.2. The van der Waals surface area contributed by atoms with E-state index in [1.54, 1.807) is 20.4 Å². The Hall–Kier alpha value is -2.93. The molecule has 1 N–H and O–H groups in total. The average Bonchev–Trinajstić information content (AvgIpc) is 3.04. The van der Waals surface area contributed by atoms with Crippen molar-refractivity contribution in [3.8, 4) is 5.75 Å². The van der Waals surface area contributed by atoms with Crippen molar-refractivity contribution in [2.24, 2.45) is 0 Å². The van der Waals surface area contributed by atoms with Crippen LogP contribution < -0.4 is 10.1 Å². The van der Waals surface area contributed by atoms with Gasteiger partial charge >= 0.3 is 0 Å². The summed E-state index contributed by atoms with van der Waals surface area (Å²) < 4.78 is 12.4. The molecule has 0 aliphatic heterocycles. The molecule has 0 atom stereocenters. The maximum Gasteiger partial charge on any atom is 0.224 e. The van der Waals surface area contributed by atoms with Crippen LogP contribution in [0.15, 0.2) is 42.6 Å². The summed E-state index contributed by atoms with van der Waals surface area (Å²) in [5.41, 5.74) is 2.48. The van der Waals surface area contributed by atoms with Crippen LogP contribution in [-0.4, -0.2) is 41.3 Å². The van der Waals surface area contributed by atoms with Crippen LogP contribution in [0.3, 0.4) is 0 Å². The summed E-state index contributed by atoms with van der Waals surface area (Å²) in [5, 5.41) is 2.90. The fourth-order valence-corrected chi connectivity index (χ4v) is 2.92. The van der Waals surface area contributed by atoms with Crippen molar-refractivity contribution in [1.29, 1.82) is 0 Å². The summed E-state index contributed by atoms with van der Waals surface area (Å²) >= 11 is 0. The lowest BCUT2D eigenvalue weighted by molar-refractivity contribution is -0.116. The third-order valence-corrected chi connectivity index (χ3v) is 4.28. The van der Waals surface area contributed by atoms with E-state index >= 15 is 0 Å². The molecule has 27 heavy (non-hydrogen) atoms. The number of benzene rings is 1. The van der Waals surface area contributed by atoms with Crippen LogP contribution in [0.2, 0.25) is 0 Å². The molecule has 2 heterocycles. The van der Waals surface area contributed by atoms with Crippen LogP contribution in [0.5, 0.6) is 5.75 Å². The van der Waals surface area contributed by atoms with Gasteiger partial charge in [-0.05, 0) is 42.8 Å². The highest BCUT2D eigenvalue weighted by Crippen LogP contribution is 2.17. The first-order valence-corrected chi connectivity index (χ1v) is 8.94. The molecule has 1 aromatic carbocycles. The Balaban J connectivity index is 1.58. The third kappa shape index (κ3) is 4.83. The predicted octanol–water partition coefficient (Wildman–Crippen LogP) is 3.05. The number of aromatic nitrogens is 3. The predicted molar refractivity (Wildman–Crippen MR) is 104 cm³/mol. The summed E-state index contributed by atoms with van der Waals surface area (Å²) in [5.74, 6) is 1.67. The van der Waals surface area contributed by atoms with Gasteiger partial charge in [-0.2, -0.15) is 0 Å². The number of nitrogens with zero attached hydrogens (tertiary/aromatic N) is 3. The van der Waals surface area contributed by atoms with Gasteiger partial charge in [0.25, 0.3) is 0 Å². The molecular weight excluding hydrogens is 344 g/mol. The monoisotopic (exact) mass is 368 g/mol. The first-order chi connectivity index (χ1) is 13.2. The molecule has 7 heteroatoms. The Labute approximate surface area is 158 Å². The molecule has 3 aromatic rings. The minimum atomic E-state index is -0.0159. The number of ether oxygens (including phenoxy) is 2. The highest BCUT2D eigenvalue weighted by molar-refractivity contribution is 5.90. The normalized spacial score (nSPS) is 10.9. The van der Waals surface area contributed by atoms with E-state index in [2.05, 4.69) is 19.9 Å². The molecule has 1 amide bonds. The van der Waals surface area contributed by atoms with Gasteiger partial charge < -0.3 is 19.4 Å². The second kappa shape index (κ2) is 9.14. The van der Waals surface area contributed by atoms with Gasteiger partial charge in [0.05, 0.1) is 13.7 Å². The molecule has 0 unspecified atom stereocenters. The average molecular weight is 368 g/mol. The number of carbonyl (C=O) groups excluding carboxylic acids is 1. The van der Waals surface area contributed by atoms with Crippen LogP contribution in [0.25, 0.3) is 11.2 Å². The first kappa shape index (κ1) is 18.8. The van der Waals surface area contributed by atoms with E-state index in [1.807, 2.05) is 36.4 Å². The van der Waals surface area contributed by atoms with Gasteiger partial charge in [0.1, 0.15) is 17.1 Å². The Morgan fingerprint density at radius 2 is 2.00 bits per heavy atom. The Bertz CT molecular complexity index is 890. The van der Waals surface area contributed by atoms with Crippen molar-refractivity contribution < 1.29 is 14.3 Å². The molecule has 7 nitrogen and oxygen atoms in total. The number of carbonyl (C=O) groups is 1. The zero-order valence-corrected chi connectivity index (χ0v) is 15.6. The van der Waals surface area contributed by atoms with Gasteiger partial charge in [0, 0.05) is 38.4 Å². The van der Waals surface area contributed by atoms with Crippen LogP contribution in [0.4, 0.5) is 5.69 Å². The van der Waals surface area contributed by atoms with E-state index in [0.717, 1.165) is 28.4 Å². The van der Waals surface area contributed by atoms with Crippen LogP contribution in [-0.2, 0) is 22.5 Å². The number of hydrogen-bond acceptors (Lipinski definition) is 5. The van der Waals surface area contributed by atoms with E-state index < -0.39 is 0 Å². The van der Waals surface area contributed by atoms with E-state index in [9.17, 15) is 4.79 Å². The number of anilines is 1. The maximum absolute atomic E-state index is 12.2. The minimum absolute atomic E-state index is 0.0159. The van der Waals surface area contributed by atoms with Crippen LogP contribution in [0.1, 0.15) is 18.7 Å². The summed E-state index contributed by atoms with van der Waals surface area (Å²) in [6.45, 7) is 1.28. The van der Waals surface area contributed by atoms with Gasteiger partial charge in [-0.15, -0.1) is 0 Å². The summed E-state index contributed by atoms with van der Waals surface area (Å²) in [7, 11) is 3.29.